The van der Waals surface area contributed by atoms with Gasteiger partial charge in [-0.05, 0) is 24.8 Å². The van der Waals surface area contributed by atoms with Gasteiger partial charge in [0.2, 0.25) is 5.91 Å². The Balaban J connectivity index is 2.13. The molecule has 108 valence electrons. The average molecular weight is 281 g/mol. The molecule has 1 aliphatic heterocycles. The molecule has 1 aliphatic rings. The molecule has 1 aromatic rings. The first-order valence-electron chi connectivity index (χ1n) is 6.60. The van der Waals surface area contributed by atoms with Crippen molar-refractivity contribution in [2.45, 2.75) is 25.8 Å². The molecule has 1 unspecified atom stereocenters. The Morgan fingerprint density at radius 3 is 2.55 bits per heavy atom. The van der Waals surface area contributed by atoms with E-state index in [1.54, 1.807) is 4.90 Å². The Morgan fingerprint density at radius 2 is 2.05 bits per heavy atom. The van der Waals surface area contributed by atoms with Crippen LogP contribution in [0.4, 0.5) is 8.78 Å². The number of carbonyl (C=O) groups excluding carboxylic acids is 1. The van der Waals surface area contributed by atoms with Crippen molar-refractivity contribution >= 4 is 5.91 Å². The highest BCUT2D eigenvalue weighted by atomic mass is 19.1. The molecule has 6 heteroatoms. The van der Waals surface area contributed by atoms with Gasteiger partial charge in [-0.1, -0.05) is 6.07 Å². The van der Waals surface area contributed by atoms with E-state index in [9.17, 15) is 13.6 Å². The Bertz CT molecular complexity index is 513. The fraction of sp³-hybridized carbons (Fsp3) is 0.500. The maximum atomic E-state index is 13.8. The topological polar surface area (TPSA) is 56.5 Å². The van der Waals surface area contributed by atoms with Crippen molar-refractivity contribution in [1.82, 2.24) is 4.90 Å². The highest BCUT2D eigenvalue weighted by Crippen LogP contribution is 2.35. The summed E-state index contributed by atoms with van der Waals surface area (Å²) in [4.78, 5) is 13.0. The first kappa shape index (κ1) is 14.6. The van der Waals surface area contributed by atoms with Crippen molar-refractivity contribution in [2.75, 3.05) is 13.1 Å². The van der Waals surface area contributed by atoms with Crippen LogP contribution in [0.15, 0.2) is 23.3 Å². The van der Waals surface area contributed by atoms with Crippen LogP contribution in [-0.4, -0.2) is 23.9 Å². The maximum absolute atomic E-state index is 13.8. The summed E-state index contributed by atoms with van der Waals surface area (Å²) in [5.41, 5.74) is 7.56. The molecule has 1 aromatic carbocycles. The zero-order valence-corrected chi connectivity index (χ0v) is 11.3. The molecule has 0 saturated carbocycles. The third-order valence-corrected chi connectivity index (χ3v) is 3.85. The van der Waals surface area contributed by atoms with E-state index in [1.807, 2.05) is 0 Å². The molecule has 2 rings (SSSR count). The van der Waals surface area contributed by atoms with Gasteiger partial charge in [0.1, 0.15) is 17.7 Å². The van der Waals surface area contributed by atoms with E-state index < -0.39 is 17.7 Å². The predicted octanol–water partition coefficient (Wildman–Crippen LogP) is 3.30. The zero-order valence-electron chi connectivity index (χ0n) is 11.3. The van der Waals surface area contributed by atoms with Crippen molar-refractivity contribution in [3.05, 3.63) is 35.4 Å². The van der Waals surface area contributed by atoms with E-state index in [4.69, 9.17) is 5.53 Å². The molecule has 4 nitrogen and oxygen atoms in total. The third-order valence-electron chi connectivity index (χ3n) is 3.85. The molecule has 0 radical (unpaired) electrons. The van der Waals surface area contributed by atoms with Crippen molar-refractivity contribution in [1.29, 1.82) is 5.53 Å². The second kappa shape index (κ2) is 6.07. The maximum Gasteiger partial charge on any atom is 0.219 e. The van der Waals surface area contributed by atoms with Crippen LogP contribution in [0, 0.1) is 23.1 Å². The van der Waals surface area contributed by atoms with E-state index in [1.165, 1.54) is 19.1 Å². The number of nitrogens with zero attached hydrogens (tertiary/aromatic N) is 2. The number of rotatable bonds is 3. The Morgan fingerprint density at radius 1 is 1.40 bits per heavy atom. The van der Waals surface area contributed by atoms with E-state index in [0.717, 1.165) is 6.07 Å². The Hall–Kier alpha value is -1.85. The van der Waals surface area contributed by atoms with Gasteiger partial charge in [0.25, 0.3) is 0 Å². The minimum atomic E-state index is -0.667. The lowest BCUT2D eigenvalue weighted by Crippen LogP contribution is -2.38. The van der Waals surface area contributed by atoms with Gasteiger partial charge >= 0.3 is 0 Å². The molecule has 1 fully saturated rings. The van der Waals surface area contributed by atoms with E-state index in [2.05, 4.69) is 5.11 Å². The number of halogens is 2. The molecule has 1 saturated heterocycles. The second-order valence-electron chi connectivity index (χ2n) is 5.08. The number of hydrogen-bond acceptors (Lipinski definition) is 3. The van der Waals surface area contributed by atoms with Gasteiger partial charge in [-0.25, -0.2) is 14.3 Å². The van der Waals surface area contributed by atoms with Crippen LogP contribution >= 0.6 is 0 Å². The third kappa shape index (κ3) is 3.00. The molecule has 0 spiro atoms. The van der Waals surface area contributed by atoms with E-state index in [-0.39, 0.29) is 17.4 Å². The van der Waals surface area contributed by atoms with Crippen LogP contribution in [0.2, 0.25) is 0 Å². The lowest BCUT2D eigenvalue weighted by Gasteiger charge is -2.33. The number of piperidine rings is 1. The lowest BCUT2D eigenvalue weighted by atomic mass is 9.85. The minimum Gasteiger partial charge on any atom is -0.343 e. The Labute approximate surface area is 116 Å². The molecule has 1 amide bonds. The van der Waals surface area contributed by atoms with Gasteiger partial charge in [-0.15, -0.1) is 0 Å². The van der Waals surface area contributed by atoms with Crippen LogP contribution in [0.1, 0.15) is 31.4 Å². The van der Waals surface area contributed by atoms with Gasteiger partial charge in [-0.2, -0.15) is 5.11 Å². The van der Waals surface area contributed by atoms with Crippen LogP contribution in [0.5, 0.6) is 0 Å². The summed E-state index contributed by atoms with van der Waals surface area (Å²) >= 11 is 0. The SMILES string of the molecule is CC(=O)N1CCC(C(N=N)c2ccc(F)cc2F)CC1. The number of nitrogens with one attached hydrogen (secondary N) is 1. The summed E-state index contributed by atoms with van der Waals surface area (Å²) in [5.74, 6) is -1.28. The number of hydrogen-bond donors (Lipinski definition) is 1. The van der Waals surface area contributed by atoms with Crippen molar-refractivity contribution in [3.8, 4) is 0 Å². The van der Waals surface area contributed by atoms with Gasteiger partial charge in [-0.3, -0.25) is 4.79 Å². The summed E-state index contributed by atoms with van der Waals surface area (Å²) in [6.07, 6.45) is 1.34. The molecule has 0 aromatic heterocycles. The van der Waals surface area contributed by atoms with Gasteiger partial charge < -0.3 is 4.90 Å². The molecular formula is C14H17F2N3O. The Kier molecular flexibility index (Phi) is 4.42. The van der Waals surface area contributed by atoms with Gasteiger partial charge in [0.15, 0.2) is 0 Å². The largest absolute Gasteiger partial charge is 0.343 e. The quantitative estimate of drug-likeness (QED) is 0.849. The molecule has 1 N–H and O–H groups in total. The highest BCUT2D eigenvalue weighted by Gasteiger charge is 2.30. The first-order valence-corrected chi connectivity index (χ1v) is 6.60. The summed E-state index contributed by atoms with van der Waals surface area (Å²) in [6.45, 7) is 2.70. The standard InChI is InChI=1S/C14H17F2N3O/c1-9(20)19-6-4-10(5-7-19)14(18-17)12-3-2-11(15)8-13(12)16/h2-3,8,10,14,17H,4-7H2,1H3. The molecule has 1 atom stereocenters. The van der Waals surface area contributed by atoms with Gasteiger partial charge in [0, 0.05) is 31.6 Å². The fourth-order valence-electron chi connectivity index (χ4n) is 2.70. The highest BCUT2D eigenvalue weighted by molar-refractivity contribution is 5.73. The predicted molar refractivity (Wildman–Crippen MR) is 69.2 cm³/mol. The summed E-state index contributed by atoms with van der Waals surface area (Å²) in [5, 5.41) is 3.53. The second-order valence-corrected chi connectivity index (χ2v) is 5.08. The first-order chi connectivity index (χ1) is 9.52. The normalized spacial score (nSPS) is 17.9. The van der Waals surface area contributed by atoms with E-state index >= 15 is 0 Å². The van der Waals surface area contributed by atoms with Crippen molar-refractivity contribution in [3.63, 3.8) is 0 Å². The average Bonchev–Trinajstić information content (AvgIpc) is 2.42. The fourth-order valence-corrected chi connectivity index (χ4v) is 2.70. The summed E-state index contributed by atoms with van der Waals surface area (Å²) in [6, 6.07) is 2.74. The molecule has 20 heavy (non-hydrogen) atoms. The van der Waals surface area contributed by atoms with Crippen molar-refractivity contribution < 1.29 is 13.6 Å². The molecule has 1 heterocycles. The number of carbonyl (C=O) groups is 1. The minimum absolute atomic E-state index is 0.00283. The smallest absolute Gasteiger partial charge is 0.219 e. The molecular weight excluding hydrogens is 264 g/mol. The zero-order chi connectivity index (χ0) is 14.7. The van der Waals surface area contributed by atoms with Crippen molar-refractivity contribution in [2.24, 2.45) is 11.0 Å². The summed E-state index contributed by atoms with van der Waals surface area (Å²) < 4.78 is 26.7. The number of amides is 1. The number of benzene rings is 1. The van der Waals surface area contributed by atoms with Crippen LogP contribution in [-0.2, 0) is 4.79 Å². The monoisotopic (exact) mass is 281 g/mol. The lowest BCUT2D eigenvalue weighted by molar-refractivity contribution is -0.130. The van der Waals surface area contributed by atoms with E-state index in [0.29, 0.717) is 25.9 Å². The molecule has 0 bridgehead atoms. The van der Waals surface area contributed by atoms with Crippen LogP contribution in [0.25, 0.3) is 0 Å². The van der Waals surface area contributed by atoms with Gasteiger partial charge in [0.05, 0.1) is 0 Å². The van der Waals surface area contributed by atoms with Crippen LogP contribution in [0.3, 0.4) is 0 Å². The number of likely N-dealkylation sites (tertiary alicyclic amines) is 1. The molecule has 0 aliphatic carbocycles. The van der Waals surface area contributed by atoms with Crippen LogP contribution < -0.4 is 0 Å². The summed E-state index contributed by atoms with van der Waals surface area (Å²) in [7, 11) is 0.